The molecule has 2 N–H and O–H groups in total. The van der Waals surface area contributed by atoms with E-state index < -0.39 is 5.97 Å². The van der Waals surface area contributed by atoms with E-state index in [1.165, 1.54) is 12.3 Å². The second kappa shape index (κ2) is 7.71. The zero-order valence-electron chi connectivity index (χ0n) is 11.6. The number of nitrogens with one attached hydrogen (secondary N) is 1. The molecule has 1 atom stereocenters. The van der Waals surface area contributed by atoms with Crippen molar-refractivity contribution in [2.45, 2.75) is 26.7 Å². The third-order valence-corrected chi connectivity index (χ3v) is 3.22. The summed E-state index contributed by atoms with van der Waals surface area (Å²) >= 11 is 6.04. The number of hydrogen-bond acceptors (Lipinski definition) is 4. The van der Waals surface area contributed by atoms with Gasteiger partial charge in [0.1, 0.15) is 16.9 Å². The van der Waals surface area contributed by atoms with Gasteiger partial charge < -0.3 is 10.4 Å². The largest absolute Gasteiger partial charge is 0.481 e. The molecular formula is C14H18ClN3O2. The number of carboxylic acid groups (broad SMARTS) is 1. The van der Waals surface area contributed by atoms with Gasteiger partial charge in [-0.2, -0.15) is 5.26 Å². The van der Waals surface area contributed by atoms with E-state index in [9.17, 15) is 4.79 Å². The molecule has 0 aliphatic rings. The summed E-state index contributed by atoms with van der Waals surface area (Å²) in [5.41, 5.74) is 0.350. The van der Waals surface area contributed by atoms with Crippen molar-refractivity contribution in [1.29, 1.82) is 5.26 Å². The van der Waals surface area contributed by atoms with Crippen molar-refractivity contribution < 1.29 is 9.90 Å². The number of nitriles is 1. The topological polar surface area (TPSA) is 86.0 Å². The summed E-state index contributed by atoms with van der Waals surface area (Å²) in [4.78, 5) is 14.9. The number of carboxylic acids is 1. The Labute approximate surface area is 123 Å². The molecule has 1 unspecified atom stereocenters. The van der Waals surface area contributed by atoms with Crippen molar-refractivity contribution in [3.8, 4) is 6.07 Å². The molecule has 0 spiro atoms. The van der Waals surface area contributed by atoms with Gasteiger partial charge in [-0.1, -0.05) is 25.4 Å². The van der Waals surface area contributed by atoms with E-state index in [0.29, 0.717) is 23.8 Å². The monoisotopic (exact) mass is 295 g/mol. The first kappa shape index (κ1) is 16.3. The lowest BCUT2D eigenvalue weighted by molar-refractivity contribution is -0.138. The lowest BCUT2D eigenvalue weighted by Gasteiger charge is -2.18. The minimum Gasteiger partial charge on any atom is -0.481 e. The Morgan fingerprint density at radius 3 is 2.85 bits per heavy atom. The number of nitrogens with zero attached hydrogens (tertiary/aromatic N) is 2. The molecule has 0 radical (unpaired) electrons. The summed E-state index contributed by atoms with van der Waals surface area (Å²) in [6, 6.07) is 3.52. The number of rotatable bonds is 7. The molecule has 0 aliphatic carbocycles. The van der Waals surface area contributed by atoms with Gasteiger partial charge in [0.15, 0.2) is 0 Å². The van der Waals surface area contributed by atoms with Crippen LogP contribution in [0.2, 0.25) is 5.02 Å². The van der Waals surface area contributed by atoms with Gasteiger partial charge >= 0.3 is 5.97 Å². The van der Waals surface area contributed by atoms with Crippen LogP contribution in [0.3, 0.4) is 0 Å². The SMILES string of the molecule is CC(C)CC(CNc1nccc(C#N)c1Cl)CC(=O)O. The molecule has 0 saturated heterocycles. The summed E-state index contributed by atoms with van der Waals surface area (Å²) in [5.74, 6) is 0.0123. The first-order chi connectivity index (χ1) is 9.43. The number of pyridine rings is 1. The molecule has 1 aromatic rings. The maximum absolute atomic E-state index is 10.9. The van der Waals surface area contributed by atoms with Gasteiger partial charge in [0.05, 0.1) is 5.56 Å². The third-order valence-electron chi connectivity index (χ3n) is 2.84. The Hall–Kier alpha value is -1.80. The van der Waals surface area contributed by atoms with Crippen molar-refractivity contribution in [3.05, 3.63) is 22.8 Å². The van der Waals surface area contributed by atoms with E-state index in [4.69, 9.17) is 22.0 Å². The smallest absolute Gasteiger partial charge is 0.303 e. The summed E-state index contributed by atoms with van der Waals surface area (Å²) in [6.07, 6.45) is 2.40. The van der Waals surface area contributed by atoms with Crippen molar-refractivity contribution in [1.82, 2.24) is 4.98 Å². The minimum atomic E-state index is -0.817. The molecule has 108 valence electrons. The van der Waals surface area contributed by atoms with Gasteiger partial charge in [0, 0.05) is 19.2 Å². The molecule has 0 bridgehead atoms. The van der Waals surface area contributed by atoms with E-state index in [1.807, 2.05) is 6.07 Å². The number of hydrogen-bond donors (Lipinski definition) is 2. The highest BCUT2D eigenvalue weighted by atomic mass is 35.5. The predicted octanol–water partition coefficient (Wildman–Crippen LogP) is 3.16. The number of aliphatic carboxylic acids is 1. The third kappa shape index (κ3) is 5.06. The molecule has 1 rings (SSSR count). The van der Waals surface area contributed by atoms with Gasteiger partial charge in [-0.3, -0.25) is 4.79 Å². The van der Waals surface area contributed by atoms with Crippen LogP contribution in [0.4, 0.5) is 5.82 Å². The molecule has 0 aromatic carbocycles. The van der Waals surface area contributed by atoms with Gasteiger partial charge in [-0.15, -0.1) is 0 Å². The van der Waals surface area contributed by atoms with Crippen molar-refractivity contribution in [2.75, 3.05) is 11.9 Å². The molecule has 20 heavy (non-hydrogen) atoms. The molecule has 5 nitrogen and oxygen atoms in total. The molecule has 1 heterocycles. The van der Waals surface area contributed by atoms with Gasteiger partial charge in [0.2, 0.25) is 0 Å². The number of aromatic nitrogens is 1. The second-order valence-electron chi connectivity index (χ2n) is 5.11. The second-order valence-corrected chi connectivity index (χ2v) is 5.49. The summed E-state index contributed by atoms with van der Waals surface area (Å²) in [5, 5.41) is 21.1. The van der Waals surface area contributed by atoms with Crippen LogP contribution in [0.25, 0.3) is 0 Å². The molecule has 0 aliphatic heterocycles. The van der Waals surface area contributed by atoms with E-state index in [-0.39, 0.29) is 17.4 Å². The van der Waals surface area contributed by atoms with E-state index in [1.54, 1.807) is 0 Å². The Morgan fingerprint density at radius 1 is 1.60 bits per heavy atom. The fourth-order valence-electron chi connectivity index (χ4n) is 2.05. The molecule has 0 saturated carbocycles. The van der Waals surface area contributed by atoms with Crippen LogP contribution in [-0.2, 0) is 4.79 Å². The normalized spacial score (nSPS) is 11.9. The summed E-state index contributed by atoms with van der Waals surface area (Å²) in [6.45, 7) is 4.57. The minimum absolute atomic E-state index is 0.00360. The Kier molecular flexibility index (Phi) is 6.26. The van der Waals surface area contributed by atoms with E-state index in [2.05, 4.69) is 24.1 Å². The van der Waals surface area contributed by atoms with Gasteiger partial charge in [0.25, 0.3) is 0 Å². The quantitative estimate of drug-likeness (QED) is 0.807. The fraction of sp³-hybridized carbons (Fsp3) is 0.500. The van der Waals surface area contributed by atoms with Crippen LogP contribution in [-0.4, -0.2) is 22.6 Å². The number of anilines is 1. The zero-order chi connectivity index (χ0) is 15.1. The zero-order valence-corrected chi connectivity index (χ0v) is 12.3. The van der Waals surface area contributed by atoms with E-state index in [0.717, 1.165) is 6.42 Å². The molecule has 6 heteroatoms. The molecule has 0 amide bonds. The van der Waals surface area contributed by atoms with E-state index >= 15 is 0 Å². The van der Waals surface area contributed by atoms with Crippen LogP contribution in [0.15, 0.2) is 12.3 Å². The highest BCUT2D eigenvalue weighted by Gasteiger charge is 2.16. The van der Waals surface area contributed by atoms with Crippen molar-refractivity contribution >= 4 is 23.4 Å². The number of halogens is 1. The Bertz CT molecular complexity index is 512. The molecular weight excluding hydrogens is 278 g/mol. The van der Waals surface area contributed by atoms with Crippen LogP contribution in [0.5, 0.6) is 0 Å². The highest BCUT2D eigenvalue weighted by molar-refractivity contribution is 6.34. The molecule has 0 fully saturated rings. The summed E-state index contributed by atoms with van der Waals surface area (Å²) in [7, 11) is 0. The van der Waals surface area contributed by atoms with Crippen molar-refractivity contribution in [2.24, 2.45) is 11.8 Å². The fourth-order valence-corrected chi connectivity index (χ4v) is 2.27. The van der Waals surface area contributed by atoms with Gasteiger partial charge in [-0.25, -0.2) is 4.98 Å². The number of carbonyl (C=O) groups is 1. The maximum atomic E-state index is 10.9. The van der Waals surface area contributed by atoms with Crippen LogP contribution in [0, 0.1) is 23.2 Å². The van der Waals surface area contributed by atoms with Crippen LogP contribution < -0.4 is 5.32 Å². The van der Waals surface area contributed by atoms with Crippen molar-refractivity contribution in [3.63, 3.8) is 0 Å². The Balaban J connectivity index is 2.72. The predicted molar refractivity (Wildman–Crippen MR) is 77.6 cm³/mol. The lowest BCUT2D eigenvalue weighted by Crippen LogP contribution is -2.20. The van der Waals surface area contributed by atoms with Crippen LogP contribution >= 0.6 is 11.6 Å². The average Bonchev–Trinajstić information content (AvgIpc) is 2.36. The maximum Gasteiger partial charge on any atom is 0.303 e. The summed E-state index contributed by atoms with van der Waals surface area (Å²) < 4.78 is 0. The lowest BCUT2D eigenvalue weighted by atomic mass is 9.94. The van der Waals surface area contributed by atoms with Crippen LogP contribution in [0.1, 0.15) is 32.3 Å². The highest BCUT2D eigenvalue weighted by Crippen LogP contribution is 2.24. The first-order valence-corrected chi connectivity index (χ1v) is 6.82. The standard InChI is InChI=1S/C14H18ClN3O2/c1-9(2)5-10(6-12(19)20)8-18-14-13(15)11(7-16)3-4-17-14/h3-4,9-10H,5-6,8H2,1-2H3,(H,17,18)(H,19,20). The van der Waals surface area contributed by atoms with Gasteiger partial charge in [-0.05, 0) is 24.3 Å². The molecule has 1 aromatic heterocycles. The first-order valence-electron chi connectivity index (χ1n) is 6.44. The Morgan fingerprint density at radius 2 is 2.30 bits per heavy atom. The average molecular weight is 296 g/mol.